The molecule has 0 unspecified atom stereocenters. The number of carbonyl (C=O) groups excluding carboxylic acids is 1. The van der Waals surface area contributed by atoms with Gasteiger partial charge < -0.3 is 15.0 Å². The quantitative estimate of drug-likeness (QED) is 0.465. The molecule has 1 aromatic heterocycles. The van der Waals surface area contributed by atoms with Crippen molar-refractivity contribution in [3.8, 4) is 5.75 Å². The number of nitrogens with zero attached hydrogens (tertiary/aromatic N) is 3. The number of carbonyl (C=O) groups is 1. The van der Waals surface area contributed by atoms with Crippen LogP contribution in [0.2, 0.25) is 0 Å². The SMILES string of the molecule is CN(C)CCOc1ccnc2ccc(C/C=C3\SC(NCCc4cccc(F)c4)=NC3=O)cc12. The van der Waals surface area contributed by atoms with Gasteiger partial charge in [0.2, 0.25) is 0 Å². The fraction of sp³-hybridized carbons (Fsp3) is 0.269. The van der Waals surface area contributed by atoms with Crippen molar-refractivity contribution in [3.05, 3.63) is 82.7 Å². The summed E-state index contributed by atoms with van der Waals surface area (Å²) in [5.41, 5.74) is 2.83. The molecule has 1 aliphatic rings. The summed E-state index contributed by atoms with van der Waals surface area (Å²) in [7, 11) is 4.02. The van der Waals surface area contributed by atoms with Crippen LogP contribution in [0.1, 0.15) is 11.1 Å². The lowest BCUT2D eigenvalue weighted by atomic mass is 10.1. The van der Waals surface area contributed by atoms with Crippen LogP contribution in [0.5, 0.6) is 5.75 Å². The van der Waals surface area contributed by atoms with Crippen LogP contribution in [-0.2, 0) is 17.6 Å². The molecule has 0 bridgehead atoms. The zero-order valence-electron chi connectivity index (χ0n) is 19.3. The number of halogens is 1. The van der Waals surface area contributed by atoms with E-state index in [9.17, 15) is 9.18 Å². The number of hydrogen-bond acceptors (Lipinski definition) is 6. The highest BCUT2D eigenvalue weighted by atomic mass is 32.2. The molecule has 0 saturated carbocycles. The minimum Gasteiger partial charge on any atom is -0.491 e. The smallest absolute Gasteiger partial charge is 0.285 e. The van der Waals surface area contributed by atoms with Crippen LogP contribution in [-0.4, -0.2) is 54.8 Å². The van der Waals surface area contributed by atoms with Crippen molar-refractivity contribution >= 4 is 33.7 Å². The Labute approximate surface area is 202 Å². The number of thioether (sulfide) groups is 1. The predicted octanol–water partition coefficient (Wildman–Crippen LogP) is 4.20. The van der Waals surface area contributed by atoms with Gasteiger partial charge in [-0.15, -0.1) is 0 Å². The number of nitrogens with one attached hydrogen (secondary N) is 1. The van der Waals surface area contributed by atoms with Gasteiger partial charge in [-0.2, -0.15) is 4.99 Å². The van der Waals surface area contributed by atoms with E-state index >= 15 is 0 Å². The number of rotatable bonds is 9. The van der Waals surface area contributed by atoms with Crippen molar-refractivity contribution in [2.45, 2.75) is 12.8 Å². The molecule has 0 spiro atoms. The number of allylic oxidation sites excluding steroid dienone is 1. The van der Waals surface area contributed by atoms with Crippen LogP contribution in [0, 0.1) is 5.82 Å². The summed E-state index contributed by atoms with van der Waals surface area (Å²) in [6.45, 7) is 2.00. The molecule has 0 atom stereocenters. The van der Waals surface area contributed by atoms with E-state index in [2.05, 4.69) is 26.3 Å². The van der Waals surface area contributed by atoms with Gasteiger partial charge in [-0.25, -0.2) is 4.39 Å². The molecule has 1 aliphatic heterocycles. The number of amides is 1. The zero-order valence-corrected chi connectivity index (χ0v) is 20.1. The monoisotopic (exact) mass is 478 g/mol. The average Bonchev–Trinajstić information content (AvgIpc) is 3.17. The Morgan fingerprint density at radius 1 is 1.15 bits per heavy atom. The minimum absolute atomic E-state index is 0.242. The Kier molecular flexibility index (Phi) is 7.92. The van der Waals surface area contributed by atoms with Crippen molar-refractivity contribution in [3.63, 3.8) is 0 Å². The van der Waals surface area contributed by atoms with Crippen LogP contribution in [0.3, 0.4) is 0 Å². The largest absolute Gasteiger partial charge is 0.491 e. The summed E-state index contributed by atoms with van der Waals surface area (Å²) >= 11 is 1.33. The summed E-state index contributed by atoms with van der Waals surface area (Å²) in [6.07, 6.45) is 4.90. The first kappa shape index (κ1) is 23.9. The summed E-state index contributed by atoms with van der Waals surface area (Å²) in [5.74, 6) is 0.316. The second kappa shape index (κ2) is 11.3. The third-order valence-corrected chi connectivity index (χ3v) is 6.27. The minimum atomic E-state index is -0.248. The Morgan fingerprint density at radius 3 is 2.85 bits per heavy atom. The third kappa shape index (κ3) is 6.42. The fourth-order valence-corrected chi connectivity index (χ4v) is 4.31. The van der Waals surface area contributed by atoms with E-state index in [1.807, 2.05) is 44.4 Å². The molecule has 6 nitrogen and oxygen atoms in total. The molecule has 0 saturated heterocycles. The lowest BCUT2D eigenvalue weighted by Crippen LogP contribution is -2.21. The predicted molar refractivity (Wildman–Crippen MR) is 136 cm³/mol. The normalized spacial score (nSPS) is 14.8. The van der Waals surface area contributed by atoms with Gasteiger partial charge in [-0.1, -0.05) is 24.3 Å². The summed E-state index contributed by atoms with van der Waals surface area (Å²) < 4.78 is 19.3. The maximum atomic E-state index is 13.3. The van der Waals surface area contributed by atoms with Gasteiger partial charge in [-0.05, 0) is 80.2 Å². The zero-order chi connectivity index (χ0) is 23.9. The van der Waals surface area contributed by atoms with E-state index in [0.29, 0.717) is 36.1 Å². The Hall–Kier alpha value is -3.23. The fourth-order valence-electron chi connectivity index (χ4n) is 3.50. The molecule has 8 heteroatoms. The number of amidine groups is 1. The average molecular weight is 479 g/mol. The van der Waals surface area contributed by atoms with Crippen LogP contribution in [0.15, 0.2) is 70.7 Å². The topological polar surface area (TPSA) is 66.8 Å². The van der Waals surface area contributed by atoms with Crippen molar-refractivity contribution in [1.82, 2.24) is 15.2 Å². The van der Waals surface area contributed by atoms with Gasteiger partial charge in [0.1, 0.15) is 18.2 Å². The molecular weight excluding hydrogens is 451 g/mol. The number of pyridine rings is 1. The van der Waals surface area contributed by atoms with E-state index in [4.69, 9.17) is 4.74 Å². The molecule has 1 amide bonds. The molecule has 2 aromatic carbocycles. The molecule has 4 rings (SSSR count). The molecule has 0 aliphatic carbocycles. The molecular formula is C26H27FN4O2S. The van der Waals surface area contributed by atoms with E-state index in [-0.39, 0.29) is 11.7 Å². The Bertz CT molecular complexity index is 1240. The van der Waals surface area contributed by atoms with Gasteiger partial charge in [0.15, 0.2) is 5.17 Å². The lowest BCUT2D eigenvalue weighted by Gasteiger charge is -2.13. The van der Waals surface area contributed by atoms with Gasteiger partial charge in [0.05, 0.1) is 10.4 Å². The highest BCUT2D eigenvalue weighted by molar-refractivity contribution is 8.18. The van der Waals surface area contributed by atoms with Crippen LogP contribution < -0.4 is 10.1 Å². The number of aromatic nitrogens is 1. The molecule has 2 heterocycles. The molecule has 3 aromatic rings. The van der Waals surface area contributed by atoms with Crippen LogP contribution in [0.4, 0.5) is 4.39 Å². The van der Waals surface area contributed by atoms with Crippen LogP contribution >= 0.6 is 11.8 Å². The lowest BCUT2D eigenvalue weighted by molar-refractivity contribution is -0.113. The molecule has 0 fully saturated rings. The number of likely N-dealkylation sites (N-methyl/N-ethyl adjacent to an activating group) is 1. The van der Waals surface area contributed by atoms with Gasteiger partial charge in [-0.3, -0.25) is 9.78 Å². The first-order chi connectivity index (χ1) is 16.5. The standard InChI is InChI=1S/C26H27FN4O2S/c1-31(2)14-15-33-23-11-13-28-22-8-6-19(17-21(22)23)7-9-24-25(32)30-26(34-24)29-12-10-18-4-3-5-20(27)16-18/h3-6,8-9,11,13,16-17H,7,10,12,14-15H2,1-2H3,(H,29,30,32)/b24-9-. The number of aliphatic imine (C=N–C) groups is 1. The summed E-state index contributed by atoms with van der Waals surface area (Å²) in [6, 6.07) is 14.4. The highest BCUT2D eigenvalue weighted by Crippen LogP contribution is 2.28. The van der Waals surface area contributed by atoms with Crippen molar-refractivity contribution in [2.75, 3.05) is 33.8 Å². The van der Waals surface area contributed by atoms with E-state index in [0.717, 1.165) is 34.3 Å². The van der Waals surface area contributed by atoms with Crippen molar-refractivity contribution in [1.29, 1.82) is 0 Å². The van der Waals surface area contributed by atoms with Crippen molar-refractivity contribution < 1.29 is 13.9 Å². The number of fused-ring (bicyclic) bond motifs is 1. The second-order valence-electron chi connectivity index (χ2n) is 8.22. The van der Waals surface area contributed by atoms with E-state index < -0.39 is 0 Å². The number of hydrogen-bond donors (Lipinski definition) is 1. The van der Waals surface area contributed by atoms with E-state index in [1.54, 1.807) is 12.3 Å². The maximum absolute atomic E-state index is 13.3. The molecule has 176 valence electrons. The molecule has 1 N–H and O–H groups in total. The number of benzene rings is 2. The first-order valence-corrected chi connectivity index (χ1v) is 11.9. The third-order valence-electron chi connectivity index (χ3n) is 5.28. The van der Waals surface area contributed by atoms with Crippen molar-refractivity contribution in [2.24, 2.45) is 4.99 Å². The maximum Gasteiger partial charge on any atom is 0.285 e. The van der Waals surface area contributed by atoms with Gasteiger partial charge in [0.25, 0.3) is 5.91 Å². The van der Waals surface area contributed by atoms with Gasteiger partial charge in [0, 0.05) is 24.7 Å². The first-order valence-electron chi connectivity index (χ1n) is 11.1. The second-order valence-corrected chi connectivity index (χ2v) is 9.25. The van der Waals surface area contributed by atoms with Gasteiger partial charge >= 0.3 is 0 Å². The summed E-state index contributed by atoms with van der Waals surface area (Å²) in [5, 5.41) is 4.70. The summed E-state index contributed by atoms with van der Waals surface area (Å²) in [4.78, 5) is 23.5. The highest BCUT2D eigenvalue weighted by Gasteiger charge is 2.21. The number of ether oxygens (including phenoxy) is 1. The van der Waals surface area contributed by atoms with Crippen LogP contribution in [0.25, 0.3) is 10.9 Å². The Morgan fingerprint density at radius 2 is 2.03 bits per heavy atom. The van der Waals surface area contributed by atoms with E-state index in [1.165, 1.54) is 23.9 Å². The molecule has 34 heavy (non-hydrogen) atoms. The molecule has 0 radical (unpaired) electrons. The Balaban J connectivity index is 1.35.